The highest BCUT2D eigenvalue weighted by molar-refractivity contribution is 6.07. The Labute approximate surface area is 111 Å². The Kier molecular flexibility index (Phi) is 5.05. The molecule has 0 heterocycles. The normalized spacial score (nSPS) is 22.9. The second kappa shape index (κ2) is 6.33. The fraction of sp³-hybridized carbons (Fsp3) is 0.583. The Bertz CT molecular complexity index is 424. The van der Waals surface area contributed by atoms with E-state index in [1.165, 1.54) is 13.8 Å². The standard InChI is InChI=1S/C12H18N2O5/c1-6(7(2)11(16)17)10(15)14-12(18)13-8-4-9(5-8)19-3/h8-9H,4-5H2,1-3H3,(H,16,17)(H2,13,14,15,18). The minimum Gasteiger partial charge on any atom is -0.478 e. The zero-order valence-electron chi connectivity index (χ0n) is 11.1. The van der Waals surface area contributed by atoms with Crippen molar-refractivity contribution in [1.29, 1.82) is 0 Å². The van der Waals surface area contributed by atoms with Crippen LogP contribution in [-0.2, 0) is 14.3 Å². The molecule has 3 amide bonds. The van der Waals surface area contributed by atoms with Crippen LogP contribution in [0.25, 0.3) is 0 Å². The second-order valence-corrected chi connectivity index (χ2v) is 4.51. The van der Waals surface area contributed by atoms with Gasteiger partial charge in [0.15, 0.2) is 0 Å². The van der Waals surface area contributed by atoms with Gasteiger partial charge < -0.3 is 15.2 Å². The van der Waals surface area contributed by atoms with E-state index >= 15 is 0 Å². The molecule has 0 aromatic heterocycles. The fourth-order valence-electron chi connectivity index (χ4n) is 1.62. The van der Waals surface area contributed by atoms with Gasteiger partial charge in [-0.05, 0) is 26.7 Å². The number of urea groups is 1. The molecule has 1 saturated carbocycles. The number of ether oxygens (including phenoxy) is 1. The Hall–Kier alpha value is -1.89. The summed E-state index contributed by atoms with van der Waals surface area (Å²) >= 11 is 0. The molecule has 7 heteroatoms. The first-order valence-corrected chi connectivity index (χ1v) is 5.90. The number of amides is 3. The topological polar surface area (TPSA) is 105 Å². The number of nitrogens with one attached hydrogen (secondary N) is 2. The summed E-state index contributed by atoms with van der Waals surface area (Å²) in [6.07, 6.45) is 1.57. The molecule has 0 spiro atoms. The summed E-state index contributed by atoms with van der Waals surface area (Å²) < 4.78 is 5.06. The van der Waals surface area contributed by atoms with Crippen LogP contribution in [0, 0.1) is 0 Å². The van der Waals surface area contributed by atoms with Crippen LogP contribution in [0.1, 0.15) is 26.7 Å². The largest absolute Gasteiger partial charge is 0.478 e. The summed E-state index contributed by atoms with van der Waals surface area (Å²) in [4.78, 5) is 33.8. The van der Waals surface area contributed by atoms with Crippen LogP contribution >= 0.6 is 0 Å². The zero-order chi connectivity index (χ0) is 14.6. The van der Waals surface area contributed by atoms with Gasteiger partial charge in [0.25, 0.3) is 5.91 Å². The lowest BCUT2D eigenvalue weighted by atomic mass is 9.89. The highest BCUT2D eigenvalue weighted by atomic mass is 16.5. The summed E-state index contributed by atoms with van der Waals surface area (Å²) in [6, 6.07) is -0.635. The maximum absolute atomic E-state index is 11.6. The van der Waals surface area contributed by atoms with E-state index in [-0.39, 0.29) is 23.3 Å². The van der Waals surface area contributed by atoms with E-state index in [1.807, 2.05) is 0 Å². The number of hydrogen-bond donors (Lipinski definition) is 3. The van der Waals surface area contributed by atoms with Crippen LogP contribution in [0.15, 0.2) is 11.1 Å². The third-order valence-electron chi connectivity index (χ3n) is 3.21. The maximum Gasteiger partial charge on any atom is 0.331 e. The van der Waals surface area contributed by atoms with Crippen molar-refractivity contribution >= 4 is 17.9 Å². The predicted octanol–water partition coefficient (Wildman–Crippen LogP) is 0.411. The van der Waals surface area contributed by atoms with E-state index in [9.17, 15) is 14.4 Å². The van der Waals surface area contributed by atoms with Crippen LogP contribution in [0.3, 0.4) is 0 Å². The minimum atomic E-state index is -1.19. The maximum atomic E-state index is 11.6. The highest BCUT2D eigenvalue weighted by Gasteiger charge is 2.30. The lowest BCUT2D eigenvalue weighted by Gasteiger charge is -2.34. The number of carbonyl (C=O) groups excluding carboxylic acids is 2. The van der Waals surface area contributed by atoms with E-state index in [2.05, 4.69) is 10.6 Å². The number of carbonyl (C=O) groups is 3. The molecular weight excluding hydrogens is 252 g/mol. The zero-order valence-corrected chi connectivity index (χ0v) is 11.1. The lowest BCUT2D eigenvalue weighted by molar-refractivity contribution is -0.133. The number of hydrogen-bond acceptors (Lipinski definition) is 4. The van der Waals surface area contributed by atoms with Crippen LogP contribution < -0.4 is 10.6 Å². The van der Waals surface area contributed by atoms with Crippen molar-refractivity contribution < 1.29 is 24.2 Å². The van der Waals surface area contributed by atoms with Gasteiger partial charge in [0, 0.05) is 24.3 Å². The average molecular weight is 270 g/mol. The van der Waals surface area contributed by atoms with Crippen LogP contribution in [-0.4, -0.2) is 42.3 Å². The molecule has 19 heavy (non-hydrogen) atoms. The van der Waals surface area contributed by atoms with Crippen LogP contribution in [0.2, 0.25) is 0 Å². The van der Waals surface area contributed by atoms with Crippen molar-refractivity contribution in [2.24, 2.45) is 0 Å². The molecule has 1 aliphatic carbocycles. The Morgan fingerprint density at radius 3 is 2.21 bits per heavy atom. The molecule has 1 fully saturated rings. The molecule has 0 unspecified atom stereocenters. The number of methoxy groups -OCH3 is 1. The molecule has 0 atom stereocenters. The van der Waals surface area contributed by atoms with Gasteiger partial charge in [0.2, 0.25) is 0 Å². The number of carboxylic acid groups (broad SMARTS) is 1. The smallest absolute Gasteiger partial charge is 0.331 e. The first-order chi connectivity index (χ1) is 8.85. The van der Waals surface area contributed by atoms with Gasteiger partial charge in [0.05, 0.1) is 6.10 Å². The first kappa shape index (κ1) is 15.2. The van der Waals surface area contributed by atoms with Gasteiger partial charge in [-0.2, -0.15) is 0 Å². The molecule has 0 aromatic rings. The van der Waals surface area contributed by atoms with Gasteiger partial charge in [-0.25, -0.2) is 9.59 Å². The Morgan fingerprint density at radius 1 is 1.16 bits per heavy atom. The van der Waals surface area contributed by atoms with Crippen molar-refractivity contribution in [1.82, 2.24) is 10.6 Å². The van der Waals surface area contributed by atoms with Crippen molar-refractivity contribution in [2.45, 2.75) is 38.8 Å². The number of aliphatic carboxylic acids is 1. The molecule has 1 aliphatic rings. The minimum absolute atomic E-state index is 0.00558. The van der Waals surface area contributed by atoms with Crippen molar-refractivity contribution in [3.63, 3.8) is 0 Å². The monoisotopic (exact) mass is 270 g/mol. The Balaban J connectivity index is 2.43. The summed E-state index contributed by atoms with van der Waals surface area (Å²) in [7, 11) is 1.60. The van der Waals surface area contributed by atoms with E-state index in [0.717, 1.165) is 0 Å². The van der Waals surface area contributed by atoms with Crippen LogP contribution in [0.5, 0.6) is 0 Å². The van der Waals surface area contributed by atoms with Crippen molar-refractivity contribution in [2.75, 3.05) is 7.11 Å². The SMILES string of the molecule is COC1CC(NC(=O)NC(=O)C(C)=C(C)C(=O)O)C1. The summed E-state index contributed by atoms with van der Waals surface area (Å²) in [5, 5.41) is 13.4. The predicted molar refractivity (Wildman–Crippen MR) is 66.5 cm³/mol. The van der Waals surface area contributed by atoms with E-state index in [4.69, 9.17) is 9.84 Å². The molecule has 0 aromatic carbocycles. The molecule has 3 N–H and O–H groups in total. The Morgan fingerprint density at radius 2 is 1.74 bits per heavy atom. The third-order valence-corrected chi connectivity index (χ3v) is 3.21. The molecule has 106 valence electrons. The van der Waals surface area contributed by atoms with Gasteiger partial charge in [-0.3, -0.25) is 10.1 Å². The molecule has 0 radical (unpaired) electrons. The summed E-state index contributed by atoms with van der Waals surface area (Å²) in [6.45, 7) is 2.67. The average Bonchev–Trinajstić information content (AvgIpc) is 2.30. The molecule has 1 rings (SSSR count). The lowest BCUT2D eigenvalue weighted by Crippen LogP contribution is -2.51. The number of rotatable bonds is 4. The summed E-state index contributed by atoms with van der Waals surface area (Å²) in [5.41, 5.74) is -0.0839. The van der Waals surface area contributed by atoms with Gasteiger partial charge in [0.1, 0.15) is 0 Å². The summed E-state index contributed by atoms with van der Waals surface area (Å²) in [5.74, 6) is -1.89. The molecule has 0 bridgehead atoms. The van der Waals surface area contributed by atoms with E-state index in [0.29, 0.717) is 12.8 Å². The third kappa shape index (κ3) is 4.06. The molecular formula is C12H18N2O5. The second-order valence-electron chi connectivity index (χ2n) is 4.51. The van der Waals surface area contributed by atoms with Crippen LogP contribution in [0.4, 0.5) is 4.79 Å². The molecule has 7 nitrogen and oxygen atoms in total. The fourth-order valence-corrected chi connectivity index (χ4v) is 1.62. The number of imide groups is 1. The van der Waals surface area contributed by atoms with Crippen molar-refractivity contribution in [3.8, 4) is 0 Å². The molecule has 0 saturated heterocycles. The molecule has 0 aliphatic heterocycles. The van der Waals surface area contributed by atoms with E-state index < -0.39 is 17.9 Å². The number of carboxylic acids is 1. The quantitative estimate of drug-likeness (QED) is 0.642. The highest BCUT2D eigenvalue weighted by Crippen LogP contribution is 2.22. The first-order valence-electron chi connectivity index (χ1n) is 5.90. The van der Waals surface area contributed by atoms with E-state index in [1.54, 1.807) is 7.11 Å². The van der Waals surface area contributed by atoms with Gasteiger partial charge >= 0.3 is 12.0 Å². The van der Waals surface area contributed by atoms with Crippen molar-refractivity contribution in [3.05, 3.63) is 11.1 Å². The van der Waals surface area contributed by atoms with Gasteiger partial charge in [-0.1, -0.05) is 0 Å². The van der Waals surface area contributed by atoms with Gasteiger partial charge in [-0.15, -0.1) is 0 Å².